The fourth-order valence-electron chi connectivity index (χ4n) is 2.41. The minimum atomic E-state index is 0.356. The lowest BCUT2D eigenvalue weighted by molar-refractivity contribution is 0.149. The van der Waals surface area contributed by atoms with Gasteiger partial charge in [0, 0.05) is 6.61 Å². The van der Waals surface area contributed by atoms with Crippen LogP contribution in [0.3, 0.4) is 0 Å². The van der Waals surface area contributed by atoms with Gasteiger partial charge >= 0.3 is 0 Å². The zero-order valence-electron chi connectivity index (χ0n) is 9.71. The molecule has 84 valence electrons. The van der Waals surface area contributed by atoms with Crippen molar-refractivity contribution in [2.24, 2.45) is 11.8 Å². The number of likely N-dealkylation sites (tertiary alicyclic amines) is 1. The Hall–Kier alpha value is -0.0800. The van der Waals surface area contributed by atoms with E-state index in [-0.39, 0.29) is 0 Å². The zero-order valence-corrected chi connectivity index (χ0v) is 9.71. The van der Waals surface area contributed by atoms with Gasteiger partial charge in [0.1, 0.15) is 0 Å². The Morgan fingerprint density at radius 1 is 1.36 bits per heavy atom. The summed E-state index contributed by atoms with van der Waals surface area (Å²) in [7, 11) is 0. The number of aliphatic hydroxyl groups is 1. The van der Waals surface area contributed by atoms with Crippen molar-refractivity contribution in [2.75, 3.05) is 26.2 Å². The average Bonchev–Trinajstić information content (AvgIpc) is 2.21. The molecule has 2 nitrogen and oxygen atoms in total. The highest BCUT2D eigenvalue weighted by molar-refractivity contribution is 4.73. The summed E-state index contributed by atoms with van der Waals surface area (Å²) in [5.74, 6) is 1.36. The zero-order chi connectivity index (χ0) is 10.4. The van der Waals surface area contributed by atoms with Crippen molar-refractivity contribution in [1.29, 1.82) is 0 Å². The molecule has 1 N–H and O–H groups in total. The van der Waals surface area contributed by atoms with Crippen LogP contribution in [0.15, 0.2) is 0 Å². The van der Waals surface area contributed by atoms with E-state index in [4.69, 9.17) is 5.11 Å². The Morgan fingerprint density at radius 3 is 2.50 bits per heavy atom. The molecule has 0 radical (unpaired) electrons. The number of rotatable bonds is 5. The highest BCUT2D eigenvalue weighted by Gasteiger charge is 2.19. The van der Waals surface area contributed by atoms with E-state index in [0.717, 1.165) is 5.92 Å². The number of aliphatic hydroxyl groups excluding tert-OH is 1. The molecule has 0 spiro atoms. The molecule has 1 heterocycles. The molecule has 0 bridgehead atoms. The normalized spacial score (nSPS) is 22.5. The fraction of sp³-hybridized carbons (Fsp3) is 1.00. The van der Waals surface area contributed by atoms with Crippen LogP contribution in [0.1, 0.15) is 39.5 Å². The van der Waals surface area contributed by atoms with Crippen LogP contribution >= 0.6 is 0 Å². The van der Waals surface area contributed by atoms with E-state index in [9.17, 15) is 0 Å². The van der Waals surface area contributed by atoms with Gasteiger partial charge in [0.2, 0.25) is 0 Å². The molecule has 0 aliphatic carbocycles. The lowest BCUT2D eigenvalue weighted by Crippen LogP contribution is -2.34. The molecule has 1 aliphatic heterocycles. The van der Waals surface area contributed by atoms with Crippen molar-refractivity contribution in [2.45, 2.75) is 39.5 Å². The number of hydrogen-bond acceptors (Lipinski definition) is 2. The van der Waals surface area contributed by atoms with E-state index in [1.165, 1.54) is 45.3 Å². The van der Waals surface area contributed by atoms with Crippen LogP contribution in [0, 0.1) is 11.8 Å². The third-order valence-corrected chi connectivity index (χ3v) is 3.29. The summed E-state index contributed by atoms with van der Waals surface area (Å²) in [6.45, 7) is 8.57. The molecule has 1 fully saturated rings. The first-order valence-electron chi connectivity index (χ1n) is 6.09. The standard InChI is InChI=1S/C12H25NO/c1-3-6-13-7-4-12(5-8-13)9-11(2)10-14/h11-12,14H,3-10H2,1-2H3. The Labute approximate surface area is 88.3 Å². The molecule has 0 amide bonds. The van der Waals surface area contributed by atoms with Crippen molar-refractivity contribution in [1.82, 2.24) is 4.90 Å². The van der Waals surface area contributed by atoms with Crippen molar-refractivity contribution in [3.8, 4) is 0 Å². The highest BCUT2D eigenvalue weighted by atomic mass is 16.3. The molecule has 1 saturated heterocycles. The third kappa shape index (κ3) is 3.97. The van der Waals surface area contributed by atoms with Gasteiger partial charge in [0.25, 0.3) is 0 Å². The molecule has 1 aliphatic rings. The van der Waals surface area contributed by atoms with Gasteiger partial charge in [-0.25, -0.2) is 0 Å². The summed E-state index contributed by atoms with van der Waals surface area (Å²) < 4.78 is 0. The second-order valence-electron chi connectivity index (χ2n) is 4.81. The van der Waals surface area contributed by atoms with Crippen molar-refractivity contribution < 1.29 is 5.11 Å². The molecule has 1 atom stereocenters. The van der Waals surface area contributed by atoms with Crippen molar-refractivity contribution >= 4 is 0 Å². The Kier molecular flexibility index (Phi) is 5.49. The first kappa shape index (κ1) is 12.0. The minimum Gasteiger partial charge on any atom is -0.396 e. The lowest BCUT2D eigenvalue weighted by atomic mass is 9.88. The SMILES string of the molecule is CCCN1CCC(CC(C)CO)CC1. The Balaban J connectivity index is 2.15. The summed E-state index contributed by atoms with van der Waals surface area (Å²) in [6.07, 6.45) is 5.17. The van der Waals surface area contributed by atoms with Gasteiger partial charge in [0.15, 0.2) is 0 Å². The molecule has 0 aromatic carbocycles. The van der Waals surface area contributed by atoms with Gasteiger partial charge in [-0.1, -0.05) is 13.8 Å². The van der Waals surface area contributed by atoms with Crippen molar-refractivity contribution in [3.05, 3.63) is 0 Å². The van der Waals surface area contributed by atoms with Gasteiger partial charge in [0.05, 0.1) is 0 Å². The van der Waals surface area contributed by atoms with Gasteiger partial charge in [-0.3, -0.25) is 0 Å². The predicted octanol–water partition coefficient (Wildman–Crippen LogP) is 2.13. The topological polar surface area (TPSA) is 23.5 Å². The molecule has 0 aromatic heterocycles. The minimum absolute atomic E-state index is 0.356. The fourth-order valence-corrected chi connectivity index (χ4v) is 2.41. The number of nitrogens with zero attached hydrogens (tertiary/aromatic N) is 1. The first-order chi connectivity index (χ1) is 6.76. The smallest absolute Gasteiger partial charge is 0.0456 e. The summed E-state index contributed by atoms with van der Waals surface area (Å²) in [4.78, 5) is 2.57. The van der Waals surface area contributed by atoms with Gasteiger partial charge in [-0.05, 0) is 57.2 Å². The van der Waals surface area contributed by atoms with Crippen LogP contribution in [-0.4, -0.2) is 36.2 Å². The molecule has 1 rings (SSSR count). The molecule has 14 heavy (non-hydrogen) atoms. The molecular formula is C12H25NO. The summed E-state index contributed by atoms with van der Waals surface area (Å²) in [5, 5.41) is 8.99. The lowest BCUT2D eigenvalue weighted by Gasteiger charge is -2.32. The van der Waals surface area contributed by atoms with Crippen LogP contribution in [-0.2, 0) is 0 Å². The maximum absolute atomic E-state index is 8.99. The second kappa shape index (κ2) is 6.41. The monoisotopic (exact) mass is 199 g/mol. The quantitative estimate of drug-likeness (QED) is 0.733. The number of piperidine rings is 1. The van der Waals surface area contributed by atoms with E-state index >= 15 is 0 Å². The largest absolute Gasteiger partial charge is 0.396 e. The van der Waals surface area contributed by atoms with E-state index in [1.807, 2.05) is 0 Å². The second-order valence-corrected chi connectivity index (χ2v) is 4.81. The van der Waals surface area contributed by atoms with Gasteiger partial charge < -0.3 is 10.0 Å². The summed E-state index contributed by atoms with van der Waals surface area (Å²) in [5.41, 5.74) is 0. The first-order valence-corrected chi connectivity index (χ1v) is 6.09. The maximum atomic E-state index is 8.99. The summed E-state index contributed by atoms with van der Waals surface area (Å²) in [6, 6.07) is 0. The molecule has 0 aromatic rings. The van der Waals surface area contributed by atoms with Gasteiger partial charge in [-0.2, -0.15) is 0 Å². The van der Waals surface area contributed by atoms with E-state index in [2.05, 4.69) is 18.7 Å². The van der Waals surface area contributed by atoms with Gasteiger partial charge in [-0.15, -0.1) is 0 Å². The Morgan fingerprint density at radius 2 is 2.00 bits per heavy atom. The van der Waals surface area contributed by atoms with Crippen LogP contribution < -0.4 is 0 Å². The summed E-state index contributed by atoms with van der Waals surface area (Å²) >= 11 is 0. The van der Waals surface area contributed by atoms with E-state index in [1.54, 1.807) is 0 Å². The Bertz CT molecular complexity index is 141. The predicted molar refractivity (Wildman–Crippen MR) is 60.3 cm³/mol. The highest BCUT2D eigenvalue weighted by Crippen LogP contribution is 2.23. The van der Waals surface area contributed by atoms with E-state index < -0.39 is 0 Å². The average molecular weight is 199 g/mol. The molecule has 2 heteroatoms. The maximum Gasteiger partial charge on any atom is 0.0456 e. The molecule has 0 saturated carbocycles. The van der Waals surface area contributed by atoms with Crippen molar-refractivity contribution in [3.63, 3.8) is 0 Å². The van der Waals surface area contributed by atoms with Crippen LogP contribution in [0.5, 0.6) is 0 Å². The number of hydrogen-bond donors (Lipinski definition) is 1. The molecular weight excluding hydrogens is 174 g/mol. The van der Waals surface area contributed by atoms with Crippen LogP contribution in [0.2, 0.25) is 0 Å². The van der Waals surface area contributed by atoms with E-state index in [0.29, 0.717) is 12.5 Å². The van der Waals surface area contributed by atoms with Crippen LogP contribution in [0.25, 0.3) is 0 Å². The van der Waals surface area contributed by atoms with Crippen LogP contribution in [0.4, 0.5) is 0 Å². The molecule has 1 unspecified atom stereocenters. The third-order valence-electron chi connectivity index (χ3n) is 3.29.